The van der Waals surface area contributed by atoms with Crippen molar-refractivity contribution in [1.82, 2.24) is 5.01 Å². The van der Waals surface area contributed by atoms with Crippen molar-refractivity contribution < 1.29 is 27.8 Å². The molecule has 8 heteroatoms. The molecule has 2 aromatic carbocycles. The van der Waals surface area contributed by atoms with Crippen molar-refractivity contribution in [3.8, 4) is 5.75 Å². The number of hydrazone groups is 1. The largest absolute Gasteiger partial charge is 0.497 e. The highest BCUT2D eigenvalue weighted by molar-refractivity contribution is 6.00. The van der Waals surface area contributed by atoms with Crippen LogP contribution in [0.25, 0.3) is 0 Å². The van der Waals surface area contributed by atoms with Gasteiger partial charge in [-0.2, -0.15) is 23.3 Å². The fourth-order valence-corrected chi connectivity index (χ4v) is 3.03. The third-order valence-corrected chi connectivity index (χ3v) is 4.65. The molecular weight excluding hydrogens is 373 g/mol. The number of ether oxygens (including phenoxy) is 1. The Balaban J connectivity index is 2.06. The van der Waals surface area contributed by atoms with E-state index in [-0.39, 0.29) is 11.1 Å². The first-order chi connectivity index (χ1) is 13.2. The van der Waals surface area contributed by atoms with Gasteiger partial charge >= 0.3 is 6.18 Å². The third kappa shape index (κ3) is 3.60. The second kappa shape index (κ2) is 7.27. The first kappa shape index (κ1) is 19.9. The van der Waals surface area contributed by atoms with Gasteiger partial charge in [-0.05, 0) is 30.2 Å². The normalized spacial score (nSPS) is 19.5. The number of rotatable bonds is 4. The SMILES string of the molecule is CCc1ccc(C2(O)CC(C(F)(F)F)=NN2C(=O)c2cccc(OC)c2)cc1. The van der Waals surface area contributed by atoms with Gasteiger partial charge in [-0.1, -0.05) is 37.3 Å². The fraction of sp³-hybridized carbons (Fsp3) is 0.300. The van der Waals surface area contributed by atoms with E-state index in [1.165, 1.54) is 37.4 Å². The van der Waals surface area contributed by atoms with Gasteiger partial charge in [-0.15, -0.1) is 0 Å². The predicted molar refractivity (Wildman–Crippen MR) is 97.0 cm³/mol. The van der Waals surface area contributed by atoms with Crippen molar-refractivity contribution in [2.75, 3.05) is 7.11 Å². The summed E-state index contributed by atoms with van der Waals surface area (Å²) in [6.07, 6.45) is -4.88. The minimum Gasteiger partial charge on any atom is -0.497 e. The average Bonchev–Trinajstić information content (AvgIpc) is 3.06. The van der Waals surface area contributed by atoms with E-state index >= 15 is 0 Å². The molecule has 148 valence electrons. The number of alkyl halides is 3. The summed E-state index contributed by atoms with van der Waals surface area (Å²) in [5.74, 6) is -0.499. The summed E-state index contributed by atoms with van der Waals surface area (Å²) in [7, 11) is 1.41. The van der Waals surface area contributed by atoms with Gasteiger partial charge in [-0.25, -0.2) is 0 Å². The van der Waals surface area contributed by atoms with Gasteiger partial charge in [0.25, 0.3) is 5.91 Å². The quantitative estimate of drug-likeness (QED) is 0.859. The zero-order chi connectivity index (χ0) is 20.5. The number of nitrogens with zero attached hydrogens (tertiary/aromatic N) is 2. The summed E-state index contributed by atoms with van der Waals surface area (Å²) in [5.41, 5.74) is -2.30. The molecular formula is C20H19F3N2O3. The standard InChI is InChI=1S/C20H19F3N2O3/c1-3-13-7-9-15(10-8-13)19(27)12-17(20(21,22)23)24-25(19)18(26)14-5-4-6-16(11-14)28-2/h4-11,27H,3,12H2,1-2H3. The monoisotopic (exact) mass is 392 g/mol. The number of benzene rings is 2. The minimum atomic E-state index is -4.76. The molecule has 1 unspecified atom stereocenters. The van der Waals surface area contributed by atoms with E-state index in [0.29, 0.717) is 10.8 Å². The van der Waals surface area contributed by atoms with Crippen LogP contribution in [0.4, 0.5) is 13.2 Å². The molecule has 0 saturated heterocycles. The molecule has 1 amide bonds. The molecule has 0 fully saturated rings. The maximum Gasteiger partial charge on any atom is 0.431 e. The van der Waals surface area contributed by atoms with E-state index in [4.69, 9.17) is 4.74 Å². The molecule has 0 radical (unpaired) electrons. The topological polar surface area (TPSA) is 62.1 Å². The van der Waals surface area contributed by atoms with Crippen LogP contribution in [0.15, 0.2) is 53.6 Å². The summed E-state index contributed by atoms with van der Waals surface area (Å²) in [6, 6.07) is 12.4. The van der Waals surface area contributed by atoms with Crippen LogP contribution in [-0.4, -0.2) is 35.0 Å². The van der Waals surface area contributed by atoms with Crippen molar-refractivity contribution in [3.05, 3.63) is 65.2 Å². The molecule has 0 saturated carbocycles. The first-order valence-electron chi connectivity index (χ1n) is 8.64. The van der Waals surface area contributed by atoms with Crippen molar-refractivity contribution in [2.45, 2.75) is 31.7 Å². The van der Waals surface area contributed by atoms with Crippen LogP contribution < -0.4 is 4.74 Å². The fourth-order valence-electron chi connectivity index (χ4n) is 3.03. The van der Waals surface area contributed by atoms with E-state index in [1.807, 2.05) is 6.92 Å². The van der Waals surface area contributed by atoms with Crippen molar-refractivity contribution in [3.63, 3.8) is 0 Å². The molecule has 0 aromatic heterocycles. The van der Waals surface area contributed by atoms with Crippen LogP contribution in [0.1, 0.15) is 34.8 Å². The maximum atomic E-state index is 13.3. The van der Waals surface area contributed by atoms with Crippen molar-refractivity contribution >= 4 is 11.6 Å². The van der Waals surface area contributed by atoms with Crippen LogP contribution in [0.2, 0.25) is 0 Å². The number of methoxy groups -OCH3 is 1. The maximum absolute atomic E-state index is 13.3. The number of carbonyl (C=O) groups excluding carboxylic acids is 1. The molecule has 1 N–H and O–H groups in total. The average molecular weight is 392 g/mol. The van der Waals surface area contributed by atoms with Crippen molar-refractivity contribution in [1.29, 1.82) is 0 Å². The lowest BCUT2D eigenvalue weighted by atomic mass is 9.95. The van der Waals surface area contributed by atoms with Gasteiger partial charge in [0.2, 0.25) is 0 Å². The van der Waals surface area contributed by atoms with Crippen LogP contribution >= 0.6 is 0 Å². The predicted octanol–water partition coefficient (Wildman–Crippen LogP) is 3.87. The molecule has 0 bridgehead atoms. The van der Waals surface area contributed by atoms with Gasteiger partial charge in [-0.3, -0.25) is 4.79 Å². The number of aliphatic hydroxyl groups is 1. The number of halogens is 3. The minimum absolute atomic E-state index is 0.0510. The lowest BCUT2D eigenvalue weighted by Gasteiger charge is -2.31. The Morgan fingerprint density at radius 2 is 1.93 bits per heavy atom. The molecule has 3 rings (SSSR count). The van der Waals surface area contributed by atoms with E-state index in [1.54, 1.807) is 18.2 Å². The Labute approximate surface area is 160 Å². The van der Waals surface area contributed by atoms with Gasteiger partial charge in [0.1, 0.15) is 11.5 Å². The lowest BCUT2D eigenvalue weighted by Crippen LogP contribution is -2.43. The Hall–Kier alpha value is -2.87. The molecule has 2 aromatic rings. The highest BCUT2D eigenvalue weighted by Gasteiger charge is 2.53. The second-order valence-corrected chi connectivity index (χ2v) is 6.44. The van der Waals surface area contributed by atoms with E-state index in [2.05, 4.69) is 5.10 Å². The molecule has 1 atom stereocenters. The van der Waals surface area contributed by atoms with Crippen LogP contribution in [0.5, 0.6) is 5.75 Å². The van der Waals surface area contributed by atoms with E-state index in [0.717, 1.165) is 12.0 Å². The van der Waals surface area contributed by atoms with Crippen LogP contribution in [-0.2, 0) is 12.1 Å². The number of hydrogen-bond donors (Lipinski definition) is 1. The molecule has 0 spiro atoms. The van der Waals surface area contributed by atoms with Gasteiger partial charge < -0.3 is 9.84 Å². The second-order valence-electron chi connectivity index (χ2n) is 6.44. The highest BCUT2D eigenvalue weighted by atomic mass is 19.4. The zero-order valence-corrected chi connectivity index (χ0v) is 15.3. The molecule has 1 aliphatic rings. The van der Waals surface area contributed by atoms with Gasteiger partial charge in [0, 0.05) is 11.1 Å². The summed E-state index contributed by atoms with van der Waals surface area (Å²) >= 11 is 0. The third-order valence-electron chi connectivity index (χ3n) is 4.65. The summed E-state index contributed by atoms with van der Waals surface area (Å²) < 4.78 is 44.9. The van der Waals surface area contributed by atoms with Gasteiger partial charge in [0.05, 0.1) is 13.5 Å². The Bertz CT molecular complexity index is 910. The van der Waals surface area contributed by atoms with Crippen molar-refractivity contribution in [2.24, 2.45) is 5.10 Å². The Morgan fingerprint density at radius 1 is 1.25 bits per heavy atom. The Morgan fingerprint density at radius 3 is 2.50 bits per heavy atom. The molecule has 0 aliphatic carbocycles. The lowest BCUT2D eigenvalue weighted by molar-refractivity contribution is -0.0816. The van der Waals surface area contributed by atoms with E-state index < -0.39 is 29.9 Å². The number of carbonyl (C=O) groups is 1. The summed E-state index contributed by atoms with van der Waals surface area (Å²) in [4.78, 5) is 12.9. The Kier molecular flexibility index (Phi) is 5.16. The molecule has 28 heavy (non-hydrogen) atoms. The molecule has 5 nitrogen and oxygen atoms in total. The first-order valence-corrected chi connectivity index (χ1v) is 8.64. The molecule has 1 aliphatic heterocycles. The van der Waals surface area contributed by atoms with E-state index in [9.17, 15) is 23.1 Å². The van der Waals surface area contributed by atoms with Crippen LogP contribution in [0, 0.1) is 0 Å². The highest BCUT2D eigenvalue weighted by Crippen LogP contribution is 2.40. The number of amides is 1. The summed E-state index contributed by atoms with van der Waals surface area (Å²) in [5, 5.41) is 15.1. The number of hydrogen-bond acceptors (Lipinski definition) is 4. The van der Waals surface area contributed by atoms with Gasteiger partial charge in [0.15, 0.2) is 5.72 Å². The smallest absolute Gasteiger partial charge is 0.431 e. The zero-order valence-electron chi connectivity index (χ0n) is 15.3. The summed E-state index contributed by atoms with van der Waals surface area (Å²) in [6.45, 7) is 1.93. The van der Waals surface area contributed by atoms with Crippen LogP contribution in [0.3, 0.4) is 0 Å². The number of aryl methyl sites for hydroxylation is 1. The molecule has 1 heterocycles.